The van der Waals surface area contributed by atoms with E-state index in [9.17, 15) is 4.79 Å². The lowest BCUT2D eigenvalue weighted by molar-refractivity contribution is 0.0697. The van der Waals surface area contributed by atoms with E-state index in [1.54, 1.807) is 24.3 Å². The van der Waals surface area contributed by atoms with Crippen molar-refractivity contribution in [3.63, 3.8) is 0 Å². The first-order valence-electron chi connectivity index (χ1n) is 6.52. The lowest BCUT2D eigenvalue weighted by Gasteiger charge is -2.19. The zero-order chi connectivity index (χ0) is 13.5. The normalized spacial score (nSPS) is 16.8. The van der Waals surface area contributed by atoms with Gasteiger partial charge in [0, 0.05) is 18.8 Å². The minimum absolute atomic E-state index is 0.289. The zero-order valence-electron chi connectivity index (χ0n) is 10.9. The minimum atomic E-state index is -0.909. The molecule has 19 heavy (non-hydrogen) atoms. The van der Waals surface area contributed by atoms with E-state index in [1.807, 2.05) is 11.8 Å². The Morgan fingerprint density at radius 2 is 2.05 bits per heavy atom. The third-order valence-electron chi connectivity index (χ3n) is 3.09. The number of hydrogen-bond donors (Lipinski definition) is 1. The molecule has 0 aromatic heterocycles. The van der Waals surface area contributed by atoms with Gasteiger partial charge in [0.25, 0.3) is 0 Å². The van der Waals surface area contributed by atoms with Crippen molar-refractivity contribution in [1.82, 2.24) is 4.90 Å². The fraction of sp³-hybridized carbons (Fsp3) is 0.500. The average molecular weight is 281 g/mol. The quantitative estimate of drug-likeness (QED) is 0.896. The highest BCUT2D eigenvalue weighted by Gasteiger charge is 2.09. The molecule has 5 heteroatoms. The molecule has 1 saturated heterocycles. The van der Waals surface area contributed by atoms with E-state index in [1.165, 1.54) is 17.9 Å². The van der Waals surface area contributed by atoms with Crippen molar-refractivity contribution in [3.8, 4) is 5.75 Å². The van der Waals surface area contributed by atoms with Gasteiger partial charge in [0.15, 0.2) is 0 Å². The summed E-state index contributed by atoms with van der Waals surface area (Å²) in [6, 6.07) is 6.56. The lowest BCUT2D eigenvalue weighted by atomic mass is 10.2. The molecule has 0 bridgehead atoms. The van der Waals surface area contributed by atoms with Crippen molar-refractivity contribution in [2.24, 2.45) is 0 Å². The molecule has 1 fully saturated rings. The third kappa shape index (κ3) is 4.76. The van der Waals surface area contributed by atoms with Gasteiger partial charge in [-0.3, -0.25) is 4.90 Å². The number of hydrogen-bond acceptors (Lipinski definition) is 4. The van der Waals surface area contributed by atoms with Crippen molar-refractivity contribution in [2.45, 2.75) is 6.42 Å². The summed E-state index contributed by atoms with van der Waals surface area (Å²) in [5, 5.41) is 8.80. The van der Waals surface area contributed by atoms with Gasteiger partial charge in [-0.05, 0) is 43.0 Å². The van der Waals surface area contributed by atoms with Gasteiger partial charge in [-0.15, -0.1) is 0 Å². The van der Waals surface area contributed by atoms with Gasteiger partial charge in [0.1, 0.15) is 12.4 Å². The molecule has 4 nitrogen and oxygen atoms in total. The number of rotatable bonds is 5. The van der Waals surface area contributed by atoms with Crippen molar-refractivity contribution in [3.05, 3.63) is 29.8 Å². The molecule has 1 aliphatic heterocycles. The molecule has 0 aliphatic carbocycles. The van der Waals surface area contributed by atoms with E-state index in [-0.39, 0.29) is 5.56 Å². The van der Waals surface area contributed by atoms with Crippen LogP contribution in [-0.2, 0) is 0 Å². The third-order valence-corrected chi connectivity index (χ3v) is 4.14. The molecule has 1 N–H and O–H groups in total. The van der Waals surface area contributed by atoms with Crippen LogP contribution < -0.4 is 4.74 Å². The van der Waals surface area contributed by atoms with Crippen LogP contribution in [0.5, 0.6) is 5.75 Å². The summed E-state index contributed by atoms with van der Waals surface area (Å²) in [4.78, 5) is 13.1. The Kier molecular flexibility index (Phi) is 5.54. The molecule has 0 atom stereocenters. The number of thioether (sulfide) groups is 1. The Hall–Kier alpha value is -1.20. The fourth-order valence-corrected chi connectivity index (χ4v) is 2.93. The fourth-order valence-electron chi connectivity index (χ4n) is 2.01. The van der Waals surface area contributed by atoms with E-state index in [0.29, 0.717) is 6.61 Å². The Balaban J connectivity index is 1.74. The summed E-state index contributed by atoms with van der Waals surface area (Å²) < 4.78 is 5.64. The number of carboxylic acid groups (broad SMARTS) is 1. The van der Waals surface area contributed by atoms with E-state index in [0.717, 1.165) is 25.4 Å². The summed E-state index contributed by atoms with van der Waals surface area (Å²) in [5.41, 5.74) is 0.289. The number of benzene rings is 1. The Bertz CT molecular complexity index is 400. The van der Waals surface area contributed by atoms with Gasteiger partial charge < -0.3 is 9.84 Å². The highest BCUT2D eigenvalue weighted by atomic mass is 32.2. The molecular formula is C14H19NO3S. The molecule has 1 aliphatic rings. The van der Waals surface area contributed by atoms with Crippen LogP contribution in [-0.4, -0.2) is 53.7 Å². The molecule has 1 heterocycles. The SMILES string of the molecule is O=C(O)c1ccc(OCCN2CCCSCC2)cc1. The first-order chi connectivity index (χ1) is 9.25. The smallest absolute Gasteiger partial charge is 0.335 e. The zero-order valence-corrected chi connectivity index (χ0v) is 11.7. The van der Waals surface area contributed by atoms with E-state index >= 15 is 0 Å². The van der Waals surface area contributed by atoms with Crippen molar-refractivity contribution < 1.29 is 14.6 Å². The van der Waals surface area contributed by atoms with Crippen LogP contribution >= 0.6 is 11.8 Å². The van der Waals surface area contributed by atoms with Gasteiger partial charge in [-0.2, -0.15) is 11.8 Å². The second kappa shape index (κ2) is 7.40. The highest BCUT2D eigenvalue weighted by molar-refractivity contribution is 7.99. The minimum Gasteiger partial charge on any atom is -0.492 e. The molecule has 0 spiro atoms. The largest absolute Gasteiger partial charge is 0.492 e. The maximum absolute atomic E-state index is 10.7. The molecule has 104 valence electrons. The van der Waals surface area contributed by atoms with Crippen LogP contribution in [0.15, 0.2) is 24.3 Å². The summed E-state index contributed by atoms with van der Waals surface area (Å²) in [6.07, 6.45) is 1.25. The molecule has 0 saturated carbocycles. The van der Waals surface area contributed by atoms with Gasteiger partial charge in [0.05, 0.1) is 5.56 Å². The predicted octanol–water partition coefficient (Wildman–Crippen LogP) is 2.20. The molecule has 2 rings (SSSR count). The maximum atomic E-state index is 10.7. The number of nitrogens with zero attached hydrogens (tertiary/aromatic N) is 1. The number of aromatic carboxylic acids is 1. The topological polar surface area (TPSA) is 49.8 Å². The molecule has 0 unspecified atom stereocenters. The summed E-state index contributed by atoms with van der Waals surface area (Å²) in [5.74, 6) is 2.28. The summed E-state index contributed by atoms with van der Waals surface area (Å²) in [6.45, 7) is 3.86. The van der Waals surface area contributed by atoms with Gasteiger partial charge in [-0.25, -0.2) is 4.79 Å². The average Bonchev–Trinajstić information content (AvgIpc) is 2.68. The van der Waals surface area contributed by atoms with E-state index in [2.05, 4.69) is 4.90 Å². The predicted molar refractivity (Wildman–Crippen MR) is 77.3 cm³/mol. The molecule has 0 amide bonds. The Morgan fingerprint density at radius 3 is 2.79 bits per heavy atom. The standard InChI is InChI=1S/C14H19NO3S/c16-14(17)12-2-4-13(5-3-12)18-9-7-15-6-1-10-19-11-8-15/h2-5H,1,6-11H2,(H,16,17). The molecule has 0 radical (unpaired) electrons. The first kappa shape index (κ1) is 14.2. The molecule has 1 aromatic carbocycles. The second-order valence-electron chi connectivity index (χ2n) is 4.49. The second-order valence-corrected chi connectivity index (χ2v) is 5.71. The number of carbonyl (C=O) groups is 1. The van der Waals surface area contributed by atoms with Crippen molar-refractivity contribution in [1.29, 1.82) is 0 Å². The van der Waals surface area contributed by atoms with E-state index in [4.69, 9.17) is 9.84 Å². The van der Waals surface area contributed by atoms with Crippen molar-refractivity contribution >= 4 is 17.7 Å². The van der Waals surface area contributed by atoms with Crippen molar-refractivity contribution in [2.75, 3.05) is 37.7 Å². The van der Waals surface area contributed by atoms with Gasteiger partial charge in [-0.1, -0.05) is 0 Å². The van der Waals surface area contributed by atoms with Gasteiger partial charge in [0.2, 0.25) is 0 Å². The number of carboxylic acids is 1. The summed E-state index contributed by atoms with van der Waals surface area (Å²) >= 11 is 2.02. The van der Waals surface area contributed by atoms with Gasteiger partial charge >= 0.3 is 5.97 Å². The first-order valence-corrected chi connectivity index (χ1v) is 7.67. The van der Waals surface area contributed by atoms with E-state index < -0.39 is 5.97 Å². The van der Waals surface area contributed by atoms with Crippen LogP contribution in [0.2, 0.25) is 0 Å². The molecular weight excluding hydrogens is 262 g/mol. The van der Waals surface area contributed by atoms with Crippen LogP contribution in [0.3, 0.4) is 0 Å². The van der Waals surface area contributed by atoms with Crippen LogP contribution in [0.1, 0.15) is 16.8 Å². The molecule has 1 aromatic rings. The van der Waals surface area contributed by atoms with Crippen LogP contribution in [0.4, 0.5) is 0 Å². The Labute approximate surface area is 117 Å². The lowest BCUT2D eigenvalue weighted by Crippen LogP contribution is -2.30. The van der Waals surface area contributed by atoms with Crippen LogP contribution in [0.25, 0.3) is 0 Å². The van der Waals surface area contributed by atoms with Crippen LogP contribution in [0, 0.1) is 0 Å². The maximum Gasteiger partial charge on any atom is 0.335 e. The number of ether oxygens (including phenoxy) is 1. The monoisotopic (exact) mass is 281 g/mol. The Morgan fingerprint density at radius 1 is 1.26 bits per heavy atom. The highest BCUT2D eigenvalue weighted by Crippen LogP contribution is 2.13. The summed E-state index contributed by atoms with van der Waals surface area (Å²) in [7, 11) is 0.